The summed E-state index contributed by atoms with van der Waals surface area (Å²) in [6.07, 6.45) is 2.79. The number of nitrogens with zero attached hydrogens (tertiary/aromatic N) is 5. The Morgan fingerprint density at radius 2 is 1.15 bits per heavy atom. The molecule has 0 aliphatic rings. The smallest absolute Gasteiger partial charge is 0.324 e. The molecule has 0 aliphatic heterocycles. The quantitative estimate of drug-likeness (QED) is 0.111. The predicted octanol–water partition coefficient (Wildman–Crippen LogP) is 8.71. The summed E-state index contributed by atoms with van der Waals surface area (Å²) in [6.45, 7) is 1.72. The Balaban J connectivity index is 0.000000197. The molecule has 3 aromatic heterocycles. The number of anilines is 3. The van der Waals surface area contributed by atoms with Crippen LogP contribution in [0.1, 0.15) is 5.76 Å². The summed E-state index contributed by atoms with van der Waals surface area (Å²) in [5, 5.41) is 10.9. The van der Waals surface area contributed by atoms with E-state index in [4.69, 9.17) is 61.9 Å². The summed E-state index contributed by atoms with van der Waals surface area (Å²) in [6, 6.07) is 17.9. The standard InChI is InChI=1S/C21H18ClN5O5.C16H14ClN3O3/c1-11-6-19(27-32-11)26-21(28)25-12-4-5-16(14(22)7-12)31-20-13-8-17(29-2)18(30-3)9-15(13)23-10-24-20;1-21-14-6-10-12(7-15(14)22-2)19-8-20-16(10)23-13-4-3-9(18)5-11(13)17/h4-10H,1-3H3,(H2,25,26,27,28);3-8H,18H2,1-2H3. The lowest BCUT2D eigenvalue weighted by molar-refractivity contribution is 0.262. The molecule has 0 saturated carbocycles. The number of aromatic nitrogens is 5. The van der Waals surface area contributed by atoms with Gasteiger partial charge in [0.15, 0.2) is 28.8 Å². The third-order valence-electron chi connectivity index (χ3n) is 7.64. The highest BCUT2D eigenvalue weighted by atomic mass is 35.5. The molecule has 0 radical (unpaired) electrons. The van der Waals surface area contributed by atoms with Crippen LogP contribution in [0.25, 0.3) is 21.8 Å². The fourth-order valence-electron chi connectivity index (χ4n) is 5.05. The van der Waals surface area contributed by atoms with Gasteiger partial charge in [-0.15, -0.1) is 0 Å². The molecule has 16 nitrogen and oxygen atoms in total. The van der Waals surface area contributed by atoms with Gasteiger partial charge in [0.05, 0.1) is 60.3 Å². The number of ether oxygens (including phenoxy) is 6. The lowest BCUT2D eigenvalue weighted by atomic mass is 10.2. The van der Waals surface area contributed by atoms with Crippen LogP contribution in [0.15, 0.2) is 83.9 Å². The number of aryl methyl sites for hydroxylation is 1. The molecule has 2 amide bonds. The summed E-state index contributed by atoms with van der Waals surface area (Å²) >= 11 is 12.5. The highest BCUT2D eigenvalue weighted by molar-refractivity contribution is 6.32. The molecule has 0 atom stereocenters. The van der Waals surface area contributed by atoms with Crippen molar-refractivity contribution < 1.29 is 37.7 Å². The minimum Gasteiger partial charge on any atom is -0.493 e. The van der Waals surface area contributed by atoms with Gasteiger partial charge in [0.25, 0.3) is 0 Å². The molecule has 7 rings (SSSR count). The fourth-order valence-corrected chi connectivity index (χ4v) is 5.50. The first-order valence-electron chi connectivity index (χ1n) is 16.0. The van der Waals surface area contributed by atoms with Crippen LogP contribution in [0.3, 0.4) is 0 Å². The number of methoxy groups -OCH3 is 4. The number of benzene rings is 4. The molecule has 0 spiro atoms. The van der Waals surface area contributed by atoms with Crippen molar-refractivity contribution in [2.75, 3.05) is 44.8 Å². The number of fused-ring (bicyclic) bond motifs is 2. The maximum atomic E-state index is 12.1. The molecule has 18 heteroatoms. The van der Waals surface area contributed by atoms with Crippen LogP contribution in [0.5, 0.6) is 46.3 Å². The topological polar surface area (TPSA) is 200 Å². The Kier molecular flexibility index (Phi) is 11.7. The van der Waals surface area contributed by atoms with Crippen molar-refractivity contribution in [3.63, 3.8) is 0 Å². The van der Waals surface area contributed by atoms with Gasteiger partial charge >= 0.3 is 6.03 Å². The van der Waals surface area contributed by atoms with Crippen LogP contribution in [0, 0.1) is 6.92 Å². The molecule has 0 saturated heterocycles. The number of rotatable bonds is 10. The molecule has 3 heterocycles. The summed E-state index contributed by atoms with van der Waals surface area (Å²) in [7, 11) is 6.21. The Hall–Kier alpha value is -6.78. The molecule has 0 bridgehead atoms. The lowest BCUT2D eigenvalue weighted by Gasteiger charge is -2.13. The van der Waals surface area contributed by atoms with E-state index in [1.54, 1.807) is 95.0 Å². The summed E-state index contributed by atoms with van der Waals surface area (Å²) in [4.78, 5) is 29.0. The SMILES string of the molecule is COc1cc2ncnc(Oc3ccc(N)cc3Cl)c2cc1OC.COc1cc2ncnc(Oc3ccc(NC(=O)Nc4cc(C)on4)cc3Cl)c2cc1OC. The molecule has 4 N–H and O–H groups in total. The average Bonchev–Trinajstić information content (AvgIpc) is 3.59. The van der Waals surface area contributed by atoms with Crippen LogP contribution >= 0.6 is 23.2 Å². The minimum absolute atomic E-state index is 0.271. The van der Waals surface area contributed by atoms with E-state index in [1.165, 1.54) is 19.8 Å². The van der Waals surface area contributed by atoms with Crippen molar-refractivity contribution in [3.05, 3.63) is 95.2 Å². The number of carbonyl (C=O) groups is 1. The maximum absolute atomic E-state index is 12.1. The maximum Gasteiger partial charge on any atom is 0.324 e. The third-order valence-corrected chi connectivity index (χ3v) is 8.23. The Morgan fingerprint density at radius 3 is 1.62 bits per heavy atom. The fraction of sp³-hybridized carbons (Fsp3) is 0.135. The van der Waals surface area contributed by atoms with Gasteiger partial charge in [0.2, 0.25) is 11.8 Å². The Morgan fingerprint density at radius 1 is 0.636 bits per heavy atom. The number of hydrogen-bond donors (Lipinski definition) is 3. The van der Waals surface area contributed by atoms with E-state index in [-0.39, 0.29) is 10.9 Å². The summed E-state index contributed by atoms with van der Waals surface area (Å²) < 4.78 is 37.9. The molecule has 55 heavy (non-hydrogen) atoms. The highest BCUT2D eigenvalue weighted by Gasteiger charge is 2.16. The third kappa shape index (κ3) is 8.89. The zero-order valence-electron chi connectivity index (χ0n) is 29.8. The monoisotopic (exact) mass is 786 g/mol. The van der Waals surface area contributed by atoms with Gasteiger partial charge in [-0.3, -0.25) is 5.32 Å². The van der Waals surface area contributed by atoms with Gasteiger partial charge < -0.3 is 44.0 Å². The number of halogens is 2. The number of nitrogens with two attached hydrogens (primary N) is 1. The predicted molar refractivity (Wildman–Crippen MR) is 207 cm³/mol. The second-order valence-corrected chi connectivity index (χ2v) is 12.1. The van der Waals surface area contributed by atoms with E-state index in [1.807, 2.05) is 0 Å². The van der Waals surface area contributed by atoms with E-state index in [9.17, 15) is 4.79 Å². The first kappa shape index (κ1) is 38.0. The molecule has 4 aromatic carbocycles. The first-order valence-corrected chi connectivity index (χ1v) is 16.8. The number of amides is 2. The van der Waals surface area contributed by atoms with Crippen LogP contribution in [0.2, 0.25) is 10.0 Å². The number of carbonyl (C=O) groups excluding carboxylic acids is 1. The number of nitrogens with one attached hydrogen (secondary N) is 2. The van der Waals surface area contributed by atoms with Crippen LogP contribution in [0.4, 0.5) is 22.0 Å². The van der Waals surface area contributed by atoms with Crippen molar-refractivity contribution in [2.45, 2.75) is 6.92 Å². The number of nitrogen functional groups attached to an aromatic ring is 1. The Bertz CT molecular complexity index is 2500. The van der Waals surface area contributed by atoms with E-state index in [2.05, 4.69) is 35.7 Å². The second kappa shape index (κ2) is 16.9. The van der Waals surface area contributed by atoms with Gasteiger partial charge in [0.1, 0.15) is 29.9 Å². The van der Waals surface area contributed by atoms with Crippen molar-refractivity contribution in [3.8, 4) is 46.3 Å². The van der Waals surface area contributed by atoms with E-state index >= 15 is 0 Å². The minimum atomic E-state index is -0.495. The second-order valence-electron chi connectivity index (χ2n) is 11.2. The molecule has 282 valence electrons. The average molecular weight is 788 g/mol. The highest BCUT2D eigenvalue weighted by Crippen LogP contribution is 2.39. The molecule has 0 unspecified atom stereocenters. The normalized spacial score (nSPS) is 10.6. The van der Waals surface area contributed by atoms with Crippen molar-refractivity contribution in [1.82, 2.24) is 25.1 Å². The van der Waals surface area contributed by atoms with Crippen molar-refractivity contribution >= 4 is 68.2 Å². The largest absolute Gasteiger partial charge is 0.493 e. The lowest BCUT2D eigenvalue weighted by Crippen LogP contribution is -2.19. The van der Waals surface area contributed by atoms with Crippen LogP contribution in [-0.2, 0) is 0 Å². The molecule has 0 fully saturated rings. The van der Waals surface area contributed by atoms with E-state index in [0.29, 0.717) is 90.2 Å². The molecular weight excluding hydrogens is 755 g/mol. The molecular formula is C37H32Cl2N8O8. The van der Waals surface area contributed by atoms with Crippen LogP contribution in [-0.4, -0.2) is 59.6 Å². The summed E-state index contributed by atoms with van der Waals surface area (Å²) in [5.74, 6) is 4.52. The molecule has 0 aliphatic carbocycles. The first-order chi connectivity index (χ1) is 26.6. The number of hydrogen-bond acceptors (Lipinski definition) is 14. The van der Waals surface area contributed by atoms with Crippen molar-refractivity contribution in [2.24, 2.45) is 0 Å². The zero-order chi connectivity index (χ0) is 39.1. The van der Waals surface area contributed by atoms with Gasteiger partial charge in [-0.1, -0.05) is 28.4 Å². The van der Waals surface area contributed by atoms with E-state index < -0.39 is 6.03 Å². The van der Waals surface area contributed by atoms with Gasteiger partial charge in [0, 0.05) is 29.6 Å². The number of urea groups is 1. The zero-order valence-corrected chi connectivity index (χ0v) is 31.4. The van der Waals surface area contributed by atoms with Gasteiger partial charge in [-0.05, 0) is 55.5 Å². The van der Waals surface area contributed by atoms with Crippen molar-refractivity contribution in [1.29, 1.82) is 0 Å². The summed E-state index contributed by atoms with van der Waals surface area (Å²) in [5.41, 5.74) is 7.98. The van der Waals surface area contributed by atoms with E-state index in [0.717, 1.165) is 0 Å². The van der Waals surface area contributed by atoms with Gasteiger partial charge in [-0.25, -0.2) is 24.7 Å². The Labute approximate surface area is 323 Å². The van der Waals surface area contributed by atoms with Gasteiger partial charge in [-0.2, -0.15) is 0 Å². The molecule has 7 aromatic rings. The van der Waals surface area contributed by atoms with Crippen LogP contribution < -0.4 is 44.8 Å².